The Bertz CT molecular complexity index is 636. The summed E-state index contributed by atoms with van der Waals surface area (Å²) in [7, 11) is 1.53. The molecule has 0 aliphatic heterocycles. The second-order valence-corrected chi connectivity index (χ2v) is 6.02. The lowest BCUT2D eigenvalue weighted by Crippen LogP contribution is -2.38. The second-order valence-electron chi connectivity index (χ2n) is 6.02. The molecule has 0 saturated carbocycles. The Kier molecular flexibility index (Phi) is 5.40. The Labute approximate surface area is 137 Å². The van der Waals surface area contributed by atoms with Crippen molar-refractivity contribution in [2.45, 2.75) is 32.4 Å². The predicted octanol–water partition coefficient (Wildman–Crippen LogP) is 4.22. The molecule has 23 heavy (non-hydrogen) atoms. The van der Waals surface area contributed by atoms with E-state index in [2.05, 4.69) is 29.7 Å². The van der Waals surface area contributed by atoms with Crippen LogP contribution in [0.2, 0.25) is 0 Å². The molecule has 0 radical (unpaired) electrons. The zero-order valence-electron chi connectivity index (χ0n) is 14.1. The van der Waals surface area contributed by atoms with Crippen molar-refractivity contribution in [3.8, 4) is 0 Å². The maximum absolute atomic E-state index is 12.1. The smallest absolute Gasteiger partial charge is 0.256 e. The molecule has 122 valence electrons. The Morgan fingerprint density at radius 2 is 1.57 bits per heavy atom. The van der Waals surface area contributed by atoms with Gasteiger partial charge in [-0.2, -0.15) is 0 Å². The van der Waals surface area contributed by atoms with Gasteiger partial charge < -0.3 is 15.4 Å². The highest BCUT2D eigenvalue weighted by Crippen LogP contribution is 2.21. The second kappa shape index (κ2) is 7.29. The van der Waals surface area contributed by atoms with Crippen molar-refractivity contribution >= 4 is 17.3 Å². The van der Waals surface area contributed by atoms with E-state index >= 15 is 0 Å². The molecule has 1 atom stereocenters. The highest BCUT2D eigenvalue weighted by Gasteiger charge is 2.26. The van der Waals surface area contributed by atoms with E-state index in [0.717, 1.165) is 11.4 Å². The zero-order chi connectivity index (χ0) is 16.9. The first-order chi connectivity index (χ1) is 10.9. The molecule has 0 spiro atoms. The fraction of sp³-hybridized carbons (Fsp3) is 0.316. The minimum Gasteiger partial charge on any atom is -0.379 e. The summed E-state index contributed by atoms with van der Waals surface area (Å²) in [6, 6.07) is 18.1. The van der Waals surface area contributed by atoms with E-state index in [1.165, 1.54) is 12.7 Å². The van der Waals surface area contributed by atoms with Crippen LogP contribution in [0.1, 0.15) is 32.4 Å². The summed E-state index contributed by atoms with van der Waals surface area (Å²) in [6.45, 7) is 5.59. The normalized spacial score (nSPS) is 12.5. The third-order valence-electron chi connectivity index (χ3n) is 3.88. The van der Waals surface area contributed by atoms with Crippen molar-refractivity contribution in [1.29, 1.82) is 0 Å². The molecule has 2 aromatic rings. The number of anilines is 2. The molecule has 4 heteroatoms. The molecule has 0 bridgehead atoms. The van der Waals surface area contributed by atoms with Crippen LogP contribution in [-0.2, 0) is 9.53 Å². The average Bonchev–Trinajstić information content (AvgIpc) is 2.57. The lowest BCUT2D eigenvalue weighted by atomic mass is 10.1. The van der Waals surface area contributed by atoms with Gasteiger partial charge in [0, 0.05) is 24.5 Å². The van der Waals surface area contributed by atoms with Crippen LogP contribution in [0.15, 0.2) is 54.6 Å². The number of hydrogen-bond acceptors (Lipinski definition) is 3. The number of ether oxygens (including phenoxy) is 1. The van der Waals surface area contributed by atoms with Crippen LogP contribution in [0.5, 0.6) is 0 Å². The number of carbonyl (C=O) groups excluding carboxylic acids is 1. The fourth-order valence-electron chi connectivity index (χ4n) is 2.10. The van der Waals surface area contributed by atoms with Gasteiger partial charge in [0.05, 0.1) is 0 Å². The van der Waals surface area contributed by atoms with E-state index in [-0.39, 0.29) is 11.9 Å². The Hall–Kier alpha value is -2.33. The number of hydrogen-bond donors (Lipinski definition) is 2. The molecule has 0 unspecified atom stereocenters. The molecule has 0 aliphatic rings. The highest BCUT2D eigenvalue weighted by atomic mass is 16.5. The standard InChI is InChI=1S/C19H24N2O2/c1-14(15-8-6-5-7-9-15)20-16-10-12-17(13-11-16)21-18(22)19(2,3)23-4/h5-14,20H,1-4H3,(H,21,22)/t14-/m0/s1. The van der Waals surface area contributed by atoms with E-state index in [1.807, 2.05) is 42.5 Å². The first-order valence-electron chi connectivity index (χ1n) is 7.70. The van der Waals surface area contributed by atoms with E-state index in [0.29, 0.717) is 0 Å². The topological polar surface area (TPSA) is 50.4 Å². The summed E-state index contributed by atoms with van der Waals surface area (Å²) in [5.41, 5.74) is 2.13. The molecule has 0 aliphatic carbocycles. The minimum absolute atomic E-state index is 0.168. The number of carbonyl (C=O) groups is 1. The average molecular weight is 312 g/mol. The molecule has 0 fully saturated rings. The van der Waals surface area contributed by atoms with Crippen molar-refractivity contribution < 1.29 is 9.53 Å². The van der Waals surface area contributed by atoms with Crippen molar-refractivity contribution in [3.05, 3.63) is 60.2 Å². The molecule has 0 heterocycles. The Balaban J connectivity index is 1.98. The number of benzene rings is 2. The van der Waals surface area contributed by atoms with E-state index in [9.17, 15) is 4.79 Å². The highest BCUT2D eigenvalue weighted by molar-refractivity contribution is 5.96. The van der Waals surface area contributed by atoms with Gasteiger partial charge in [-0.1, -0.05) is 30.3 Å². The van der Waals surface area contributed by atoms with Crippen molar-refractivity contribution in [3.63, 3.8) is 0 Å². The summed E-state index contributed by atoms with van der Waals surface area (Å²) in [6.07, 6.45) is 0. The van der Waals surface area contributed by atoms with Crippen molar-refractivity contribution in [2.75, 3.05) is 17.7 Å². The van der Waals surface area contributed by atoms with Gasteiger partial charge in [-0.05, 0) is 50.6 Å². The van der Waals surface area contributed by atoms with Gasteiger partial charge in [0.25, 0.3) is 5.91 Å². The Morgan fingerprint density at radius 1 is 1.00 bits per heavy atom. The SMILES string of the molecule is COC(C)(C)C(=O)Nc1ccc(N[C@@H](C)c2ccccc2)cc1. The minimum atomic E-state index is -0.848. The van der Waals surface area contributed by atoms with Crippen molar-refractivity contribution in [1.82, 2.24) is 0 Å². The van der Waals surface area contributed by atoms with Crippen molar-refractivity contribution in [2.24, 2.45) is 0 Å². The lowest BCUT2D eigenvalue weighted by molar-refractivity contribution is -0.133. The van der Waals surface area contributed by atoms with Gasteiger partial charge in [-0.15, -0.1) is 0 Å². The van der Waals surface area contributed by atoms with E-state index in [1.54, 1.807) is 13.8 Å². The maximum Gasteiger partial charge on any atom is 0.256 e. The third-order valence-corrected chi connectivity index (χ3v) is 3.88. The summed E-state index contributed by atoms with van der Waals surface area (Å²) in [5, 5.41) is 6.30. The van der Waals surface area contributed by atoms with E-state index < -0.39 is 5.60 Å². The zero-order valence-corrected chi connectivity index (χ0v) is 14.1. The maximum atomic E-state index is 12.1. The molecule has 0 saturated heterocycles. The summed E-state index contributed by atoms with van der Waals surface area (Å²) in [5.74, 6) is -0.168. The van der Waals surface area contributed by atoms with Gasteiger partial charge in [0.2, 0.25) is 0 Å². The summed E-state index contributed by atoms with van der Waals surface area (Å²) >= 11 is 0. The number of nitrogens with one attached hydrogen (secondary N) is 2. The van der Waals surface area contributed by atoms with Gasteiger partial charge in [-0.3, -0.25) is 4.79 Å². The summed E-state index contributed by atoms with van der Waals surface area (Å²) < 4.78 is 5.17. The van der Waals surface area contributed by atoms with Crippen LogP contribution in [-0.4, -0.2) is 18.6 Å². The monoisotopic (exact) mass is 312 g/mol. The first-order valence-corrected chi connectivity index (χ1v) is 7.70. The molecular formula is C19H24N2O2. The van der Waals surface area contributed by atoms with Gasteiger partial charge in [-0.25, -0.2) is 0 Å². The number of amides is 1. The number of methoxy groups -OCH3 is 1. The number of rotatable bonds is 6. The van der Waals surface area contributed by atoms with Crippen LogP contribution in [0.4, 0.5) is 11.4 Å². The molecule has 2 rings (SSSR count). The van der Waals surface area contributed by atoms with Crippen LogP contribution in [0.25, 0.3) is 0 Å². The molecule has 0 aromatic heterocycles. The predicted molar refractivity (Wildman–Crippen MR) is 94.6 cm³/mol. The van der Waals surface area contributed by atoms with Crippen LogP contribution >= 0.6 is 0 Å². The van der Waals surface area contributed by atoms with Gasteiger partial charge in [0.1, 0.15) is 5.60 Å². The molecular weight excluding hydrogens is 288 g/mol. The summed E-state index contributed by atoms with van der Waals surface area (Å²) in [4.78, 5) is 12.1. The molecule has 1 amide bonds. The Morgan fingerprint density at radius 3 is 2.13 bits per heavy atom. The van der Waals surface area contributed by atoms with Crippen LogP contribution < -0.4 is 10.6 Å². The van der Waals surface area contributed by atoms with Crippen LogP contribution in [0.3, 0.4) is 0 Å². The fourth-order valence-corrected chi connectivity index (χ4v) is 2.10. The largest absolute Gasteiger partial charge is 0.379 e. The van der Waals surface area contributed by atoms with Gasteiger partial charge >= 0.3 is 0 Å². The lowest BCUT2D eigenvalue weighted by Gasteiger charge is -2.22. The van der Waals surface area contributed by atoms with E-state index in [4.69, 9.17) is 4.74 Å². The molecule has 4 nitrogen and oxygen atoms in total. The van der Waals surface area contributed by atoms with Gasteiger partial charge in [0.15, 0.2) is 0 Å². The molecule has 2 N–H and O–H groups in total. The third kappa shape index (κ3) is 4.57. The quantitative estimate of drug-likeness (QED) is 0.839. The molecule has 2 aromatic carbocycles. The van der Waals surface area contributed by atoms with Crippen LogP contribution in [0, 0.1) is 0 Å². The first kappa shape index (κ1) is 17.0.